The molecule has 136 valence electrons. The minimum Gasteiger partial charge on any atom is -0.411 e. The molecule has 1 amide bonds. The van der Waals surface area contributed by atoms with Gasteiger partial charge in [-0.2, -0.15) is 5.10 Å². The van der Waals surface area contributed by atoms with Gasteiger partial charge in [0.15, 0.2) is 0 Å². The second kappa shape index (κ2) is 7.74. The van der Waals surface area contributed by atoms with Crippen LogP contribution in [0.3, 0.4) is 0 Å². The summed E-state index contributed by atoms with van der Waals surface area (Å²) < 4.78 is 7.47. The van der Waals surface area contributed by atoms with E-state index in [0.717, 1.165) is 11.1 Å². The second-order valence-electron chi connectivity index (χ2n) is 6.19. The summed E-state index contributed by atoms with van der Waals surface area (Å²) in [5.74, 6) is 0.979. The highest BCUT2D eigenvalue weighted by atomic mass is 32.2. The zero-order chi connectivity index (χ0) is 18.7. The SMILES string of the molecule is Cc1ccccc1-c1nnc(S[C@H](C)C(=O)Nc2ccnn2C(C)C)o1. The van der Waals surface area contributed by atoms with Gasteiger partial charge in [-0.15, -0.1) is 10.2 Å². The maximum atomic E-state index is 12.5. The van der Waals surface area contributed by atoms with E-state index in [4.69, 9.17) is 4.42 Å². The molecule has 2 aromatic heterocycles. The predicted molar refractivity (Wildman–Crippen MR) is 101 cm³/mol. The summed E-state index contributed by atoms with van der Waals surface area (Å²) in [4.78, 5) is 12.5. The molecule has 0 aliphatic carbocycles. The molecule has 1 atom stereocenters. The van der Waals surface area contributed by atoms with E-state index in [0.29, 0.717) is 16.9 Å². The van der Waals surface area contributed by atoms with Crippen LogP contribution in [0.4, 0.5) is 5.82 Å². The Hall–Kier alpha value is -2.61. The topological polar surface area (TPSA) is 85.8 Å². The minimum atomic E-state index is -0.393. The van der Waals surface area contributed by atoms with Crippen LogP contribution in [0.2, 0.25) is 0 Å². The third kappa shape index (κ3) is 3.96. The zero-order valence-corrected chi connectivity index (χ0v) is 15.9. The smallest absolute Gasteiger partial charge is 0.277 e. The molecule has 0 unspecified atom stereocenters. The van der Waals surface area contributed by atoms with E-state index in [-0.39, 0.29) is 11.9 Å². The Morgan fingerprint density at radius 1 is 1.19 bits per heavy atom. The van der Waals surface area contributed by atoms with Crippen LogP contribution in [0, 0.1) is 6.92 Å². The summed E-state index contributed by atoms with van der Waals surface area (Å²) in [7, 11) is 0. The van der Waals surface area contributed by atoms with E-state index in [2.05, 4.69) is 20.6 Å². The number of anilines is 1. The van der Waals surface area contributed by atoms with Crippen molar-refractivity contribution in [1.82, 2.24) is 20.0 Å². The molecule has 8 heteroatoms. The van der Waals surface area contributed by atoms with Crippen molar-refractivity contribution in [3.63, 3.8) is 0 Å². The molecule has 0 aliphatic heterocycles. The van der Waals surface area contributed by atoms with E-state index in [1.165, 1.54) is 11.8 Å². The highest BCUT2D eigenvalue weighted by Gasteiger charge is 2.20. The number of aromatic nitrogens is 4. The molecule has 1 N–H and O–H groups in total. The number of benzene rings is 1. The number of nitrogens with zero attached hydrogens (tertiary/aromatic N) is 4. The first kappa shape index (κ1) is 18.2. The van der Waals surface area contributed by atoms with Gasteiger partial charge in [0.1, 0.15) is 5.82 Å². The lowest BCUT2D eigenvalue weighted by atomic mass is 10.1. The van der Waals surface area contributed by atoms with E-state index in [1.54, 1.807) is 23.9 Å². The molecule has 0 saturated heterocycles. The van der Waals surface area contributed by atoms with Crippen LogP contribution in [0.25, 0.3) is 11.5 Å². The molecule has 3 rings (SSSR count). The van der Waals surface area contributed by atoms with Crippen molar-refractivity contribution in [3.05, 3.63) is 42.1 Å². The van der Waals surface area contributed by atoms with Gasteiger partial charge in [-0.1, -0.05) is 30.0 Å². The molecule has 0 fully saturated rings. The van der Waals surface area contributed by atoms with Crippen LogP contribution in [-0.4, -0.2) is 31.1 Å². The largest absolute Gasteiger partial charge is 0.411 e. The Morgan fingerprint density at radius 3 is 2.69 bits per heavy atom. The van der Waals surface area contributed by atoms with E-state index >= 15 is 0 Å². The predicted octanol–water partition coefficient (Wildman–Crippen LogP) is 3.94. The van der Waals surface area contributed by atoms with Gasteiger partial charge < -0.3 is 9.73 Å². The van der Waals surface area contributed by atoms with Crippen molar-refractivity contribution in [2.75, 3.05) is 5.32 Å². The Balaban J connectivity index is 1.66. The monoisotopic (exact) mass is 371 g/mol. The summed E-state index contributed by atoms with van der Waals surface area (Å²) in [6.07, 6.45) is 1.67. The van der Waals surface area contributed by atoms with Crippen LogP contribution >= 0.6 is 11.8 Å². The van der Waals surface area contributed by atoms with E-state index < -0.39 is 5.25 Å². The van der Waals surface area contributed by atoms with Crippen molar-refractivity contribution < 1.29 is 9.21 Å². The standard InChI is InChI=1S/C18H21N5O2S/c1-11(2)23-15(9-10-19-23)20-16(24)13(4)26-18-22-21-17(25-18)14-8-6-5-7-12(14)3/h5-11,13H,1-4H3,(H,20,24)/t13-/m1/s1. The minimum absolute atomic E-state index is 0.145. The van der Waals surface area contributed by atoms with Crippen LogP contribution in [0.15, 0.2) is 46.2 Å². The fourth-order valence-corrected chi connectivity index (χ4v) is 3.12. The number of rotatable bonds is 6. The molecule has 0 spiro atoms. The summed E-state index contributed by atoms with van der Waals surface area (Å²) in [6.45, 7) is 7.80. The number of aryl methyl sites for hydroxylation is 1. The Labute approximate surface area is 156 Å². The summed E-state index contributed by atoms with van der Waals surface area (Å²) in [5.41, 5.74) is 1.95. The number of thioether (sulfide) groups is 1. The maximum absolute atomic E-state index is 12.5. The average Bonchev–Trinajstić information content (AvgIpc) is 3.24. The van der Waals surface area contributed by atoms with Crippen molar-refractivity contribution in [2.45, 2.75) is 44.2 Å². The number of nitrogens with one attached hydrogen (secondary N) is 1. The Kier molecular flexibility index (Phi) is 5.41. The Morgan fingerprint density at radius 2 is 1.96 bits per heavy atom. The molecular weight excluding hydrogens is 350 g/mol. The van der Waals surface area contributed by atoms with Gasteiger partial charge in [-0.05, 0) is 39.3 Å². The first-order valence-electron chi connectivity index (χ1n) is 8.36. The lowest BCUT2D eigenvalue weighted by Crippen LogP contribution is -2.24. The zero-order valence-electron chi connectivity index (χ0n) is 15.1. The summed E-state index contributed by atoms with van der Waals surface area (Å²) in [6, 6.07) is 9.74. The lowest BCUT2D eigenvalue weighted by molar-refractivity contribution is -0.115. The van der Waals surface area contributed by atoms with Gasteiger partial charge in [-0.3, -0.25) is 4.79 Å². The summed E-state index contributed by atoms with van der Waals surface area (Å²) >= 11 is 1.23. The molecule has 0 saturated carbocycles. The second-order valence-corrected chi connectivity index (χ2v) is 7.48. The van der Waals surface area contributed by atoms with Crippen molar-refractivity contribution in [1.29, 1.82) is 0 Å². The lowest BCUT2D eigenvalue weighted by Gasteiger charge is -2.13. The first-order valence-corrected chi connectivity index (χ1v) is 9.24. The quantitative estimate of drug-likeness (QED) is 0.661. The third-order valence-corrected chi connectivity index (χ3v) is 4.77. The van der Waals surface area contributed by atoms with Gasteiger partial charge in [0.05, 0.1) is 11.4 Å². The van der Waals surface area contributed by atoms with Crippen molar-refractivity contribution >= 4 is 23.5 Å². The van der Waals surface area contributed by atoms with Gasteiger partial charge in [-0.25, -0.2) is 4.68 Å². The van der Waals surface area contributed by atoms with Crippen LogP contribution in [-0.2, 0) is 4.79 Å². The van der Waals surface area contributed by atoms with E-state index in [9.17, 15) is 4.79 Å². The summed E-state index contributed by atoms with van der Waals surface area (Å²) in [5, 5.41) is 15.2. The normalized spacial score (nSPS) is 12.3. The average molecular weight is 371 g/mol. The molecule has 2 heterocycles. The molecule has 26 heavy (non-hydrogen) atoms. The number of hydrogen-bond donors (Lipinski definition) is 1. The Bertz CT molecular complexity index is 902. The van der Waals surface area contributed by atoms with Gasteiger partial charge in [0.2, 0.25) is 11.8 Å². The molecule has 3 aromatic rings. The first-order chi connectivity index (χ1) is 12.5. The highest BCUT2D eigenvalue weighted by molar-refractivity contribution is 8.00. The van der Waals surface area contributed by atoms with Gasteiger partial charge in [0.25, 0.3) is 5.22 Å². The maximum Gasteiger partial charge on any atom is 0.277 e. The molecule has 0 aliphatic rings. The highest BCUT2D eigenvalue weighted by Crippen LogP contribution is 2.28. The van der Waals surface area contributed by atoms with Crippen LogP contribution in [0.1, 0.15) is 32.4 Å². The van der Waals surface area contributed by atoms with Gasteiger partial charge in [0, 0.05) is 17.7 Å². The van der Waals surface area contributed by atoms with Crippen molar-refractivity contribution in [2.24, 2.45) is 0 Å². The van der Waals surface area contributed by atoms with Crippen LogP contribution < -0.4 is 5.32 Å². The molecule has 0 radical (unpaired) electrons. The number of carbonyl (C=O) groups excluding carboxylic acids is 1. The number of hydrogen-bond acceptors (Lipinski definition) is 6. The molecule has 0 bridgehead atoms. The van der Waals surface area contributed by atoms with Crippen molar-refractivity contribution in [3.8, 4) is 11.5 Å². The van der Waals surface area contributed by atoms with Gasteiger partial charge >= 0.3 is 0 Å². The molecular formula is C18H21N5O2S. The number of amides is 1. The molecule has 7 nitrogen and oxygen atoms in total. The fraction of sp³-hybridized carbons (Fsp3) is 0.333. The fourth-order valence-electron chi connectivity index (χ4n) is 2.44. The third-order valence-electron chi connectivity index (χ3n) is 3.84. The van der Waals surface area contributed by atoms with E-state index in [1.807, 2.05) is 45.0 Å². The van der Waals surface area contributed by atoms with Crippen LogP contribution in [0.5, 0.6) is 0 Å². The number of carbonyl (C=O) groups is 1. The molecule has 1 aromatic carbocycles.